The summed E-state index contributed by atoms with van der Waals surface area (Å²) in [5.74, 6) is 1.10. The van der Waals surface area contributed by atoms with E-state index in [2.05, 4.69) is 23.8 Å². The highest BCUT2D eigenvalue weighted by Gasteiger charge is 2.46. The SMILES string of the molecule is CCCCC1(CC(C)c2cnn(-c3ccccc3F)c2)CN2CCC1CC2. The van der Waals surface area contributed by atoms with Gasteiger partial charge in [-0.3, -0.25) is 0 Å². The first kappa shape index (κ1) is 18.7. The molecule has 2 atom stereocenters. The van der Waals surface area contributed by atoms with Crippen molar-refractivity contribution < 1.29 is 4.39 Å². The molecule has 0 N–H and O–H groups in total. The van der Waals surface area contributed by atoms with E-state index < -0.39 is 0 Å². The molecule has 3 aliphatic heterocycles. The lowest BCUT2D eigenvalue weighted by Crippen LogP contribution is -2.55. The topological polar surface area (TPSA) is 21.1 Å². The van der Waals surface area contributed by atoms with E-state index >= 15 is 0 Å². The first-order valence-corrected chi connectivity index (χ1v) is 10.6. The summed E-state index contributed by atoms with van der Waals surface area (Å²) in [4.78, 5) is 2.69. The van der Waals surface area contributed by atoms with Crippen LogP contribution in [0.3, 0.4) is 0 Å². The summed E-state index contributed by atoms with van der Waals surface area (Å²) in [5, 5.41) is 4.46. The summed E-state index contributed by atoms with van der Waals surface area (Å²) in [6.07, 6.45) is 11.9. The Labute approximate surface area is 162 Å². The zero-order valence-corrected chi connectivity index (χ0v) is 16.7. The highest BCUT2D eigenvalue weighted by Crippen LogP contribution is 2.50. The molecule has 0 radical (unpaired) electrons. The van der Waals surface area contributed by atoms with Crippen LogP contribution in [0.25, 0.3) is 5.69 Å². The fourth-order valence-corrected chi connectivity index (χ4v) is 5.51. The number of piperidine rings is 3. The summed E-state index contributed by atoms with van der Waals surface area (Å²) < 4.78 is 15.8. The Morgan fingerprint density at radius 2 is 2.04 bits per heavy atom. The average molecular weight is 370 g/mol. The van der Waals surface area contributed by atoms with Crippen LogP contribution in [0.15, 0.2) is 36.7 Å². The highest BCUT2D eigenvalue weighted by molar-refractivity contribution is 5.33. The van der Waals surface area contributed by atoms with Crippen molar-refractivity contribution in [2.75, 3.05) is 19.6 Å². The van der Waals surface area contributed by atoms with Crippen LogP contribution in [0.2, 0.25) is 0 Å². The zero-order valence-electron chi connectivity index (χ0n) is 16.7. The van der Waals surface area contributed by atoms with Gasteiger partial charge in [0.1, 0.15) is 11.5 Å². The Bertz CT molecular complexity index is 762. The minimum Gasteiger partial charge on any atom is -0.303 e. The first-order chi connectivity index (χ1) is 13.1. The molecule has 0 amide bonds. The molecule has 1 aromatic carbocycles. The lowest BCUT2D eigenvalue weighted by Gasteiger charge is -2.54. The maximum atomic E-state index is 14.1. The third kappa shape index (κ3) is 3.69. The third-order valence-corrected chi connectivity index (χ3v) is 7.00. The fraction of sp³-hybridized carbons (Fsp3) is 0.609. The maximum Gasteiger partial charge on any atom is 0.148 e. The Morgan fingerprint density at radius 3 is 2.70 bits per heavy atom. The summed E-state index contributed by atoms with van der Waals surface area (Å²) in [6.45, 7) is 8.48. The van der Waals surface area contributed by atoms with Crippen molar-refractivity contribution in [1.29, 1.82) is 0 Å². The molecule has 3 nitrogen and oxygen atoms in total. The zero-order chi connectivity index (χ0) is 18.9. The van der Waals surface area contributed by atoms with E-state index in [-0.39, 0.29) is 5.82 Å². The monoisotopic (exact) mass is 369 g/mol. The second kappa shape index (κ2) is 7.75. The molecule has 27 heavy (non-hydrogen) atoms. The normalized spacial score (nSPS) is 28.4. The summed E-state index contributed by atoms with van der Waals surface area (Å²) >= 11 is 0. The van der Waals surface area contributed by atoms with Crippen LogP contribution < -0.4 is 0 Å². The Hall–Kier alpha value is -1.68. The molecule has 5 rings (SSSR count). The van der Waals surface area contributed by atoms with Gasteiger partial charge in [0.15, 0.2) is 0 Å². The van der Waals surface area contributed by atoms with E-state index in [1.807, 2.05) is 18.5 Å². The van der Waals surface area contributed by atoms with Gasteiger partial charge in [-0.1, -0.05) is 38.8 Å². The quantitative estimate of drug-likeness (QED) is 0.651. The van der Waals surface area contributed by atoms with Gasteiger partial charge in [0.05, 0.1) is 6.20 Å². The van der Waals surface area contributed by atoms with Crippen molar-refractivity contribution in [3.05, 3.63) is 48.0 Å². The molecule has 3 aliphatic rings. The van der Waals surface area contributed by atoms with E-state index in [0.29, 0.717) is 17.0 Å². The van der Waals surface area contributed by atoms with Gasteiger partial charge in [0.25, 0.3) is 0 Å². The van der Waals surface area contributed by atoms with Crippen molar-refractivity contribution in [3.63, 3.8) is 0 Å². The molecule has 3 fully saturated rings. The molecule has 2 unspecified atom stereocenters. The number of para-hydroxylation sites is 1. The predicted octanol–water partition coefficient (Wildman–Crippen LogP) is 5.41. The van der Waals surface area contributed by atoms with Crippen molar-refractivity contribution in [2.45, 2.75) is 58.3 Å². The van der Waals surface area contributed by atoms with Crippen molar-refractivity contribution >= 4 is 0 Å². The van der Waals surface area contributed by atoms with E-state index in [1.165, 1.54) is 69.8 Å². The van der Waals surface area contributed by atoms with Crippen LogP contribution in [-0.2, 0) is 0 Å². The lowest BCUT2D eigenvalue weighted by atomic mass is 9.60. The van der Waals surface area contributed by atoms with Crippen LogP contribution in [0, 0.1) is 17.2 Å². The van der Waals surface area contributed by atoms with Crippen LogP contribution in [-0.4, -0.2) is 34.3 Å². The maximum absolute atomic E-state index is 14.1. The van der Waals surface area contributed by atoms with E-state index in [0.717, 1.165) is 5.92 Å². The van der Waals surface area contributed by atoms with E-state index in [9.17, 15) is 4.39 Å². The number of nitrogens with zero attached hydrogens (tertiary/aromatic N) is 3. The second-order valence-corrected chi connectivity index (χ2v) is 8.79. The molecule has 4 heteroatoms. The largest absolute Gasteiger partial charge is 0.303 e. The number of fused-ring (bicyclic) bond motifs is 3. The van der Waals surface area contributed by atoms with E-state index in [1.54, 1.807) is 16.8 Å². The van der Waals surface area contributed by atoms with Crippen LogP contribution in [0.1, 0.15) is 63.9 Å². The number of benzene rings is 1. The van der Waals surface area contributed by atoms with Crippen LogP contribution >= 0.6 is 0 Å². The highest BCUT2D eigenvalue weighted by atomic mass is 19.1. The third-order valence-electron chi connectivity index (χ3n) is 7.00. The smallest absolute Gasteiger partial charge is 0.148 e. The number of aromatic nitrogens is 2. The number of rotatable bonds is 7. The van der Waals surface area contributed by atoms with Crippen LogP contribution in [0.5, 0.6) is 0 Å². The summed E-state index contributed by atoms with van der Waals surface area (Å²) in [5.41, 5.74) is 2.21. The van der Waals surface area contributed by atoms with Gasteiger partial charge in [-0.15, -0.1) is 0 Å². The van der Waals surface area contributed by atoms with Crippen LogP contribution in [0.4, 0.5) is 4.39 Å². The molecule has 0 saturated carbocycles. The van der Waals surface area contributed by atoms with Crippen molar-refractivity contribution in [3.8, 4) is 5.69 Å². The predicted molar refractivity (Wildman–Crippen MR) is 108 cm³/mol. The summed E-state index contributed by atoms with van der Waals surface area (Å²) in [6, 6.07) is 6.85. The number of unbranched alkanes of at least 4 members (excludes halogenated alkanes) is 1. The Balaban J connectivity index is 1.53. The van der Waals surface area contributed by atoms with Crippen molar-refractivity contribution in [1.82, 2.24) is 14.7 Å². The van der Waals surface area contributed by atoms with Gasteiger partial charge < -0.3 is 4.90 Å². The standard InChI is InChI=1S/C23H32FN3/c1-3-4-11-23(17-26-12-9-20(23)10-13-26)14-18(2)19-15-25-27(16-19)22-8-6-5-7-21(22)24/h5-8,15-16,18,20H,3-4,9-14,17H2,1-2H3. The molecule has 4 heterocycles. The molecule has 3 saturated heterocycles. The Morgan fingerprint density at radius 1 is 1.26 bits per heavy atom. The molecular weight excluding hydrogens is 337 g/mol. The number of hydrogen-bond donors (Lipinski definition) is 0. The fourth-order valence-electron chi connectivity index (χ4n) is 5.51. The van der Waals surface area contributed by atoms with Gasteiger partial charge in [0, 0.05) is 12.7 Å². The van der Waals surface area contributed by atoms with Gasteiger partial charge >= 0.3 is 0 Å². The molecular formula is C23H32FN3. The molecule has 2 aromatic rings. The van der Waals surface area contributed by atoms with Gasteiger partial charge in [-0.25, -0.2) is 9.07 Å². The minimum atomic E-state index is -0.225. The number of hydrogen-bond acceptors (Lipinski definition) is 2. The molecule has 0 spiro atoms. The minimum absolute atomic E-state index is 0.225. The average Bonchev–Trinajstić information content (AvgIpc) is 3.18. The molecule has 2 bridgehead atoms. The van der Waals surface area contributed by atoms with Gasteiger partial charge in [-0.05, 0) is 73.7 Å². The first-order valence-electron chi connectivity index (χ1n) is 10.6. The van der Waals surface area contributed by atoms with Gasteiger partial charge in [0.2, 0.25) is 0 Å². The van der Waals surface area contributed by atoms with Crippen molar-refractivity contribution in [2.24, 2.45) is 11.3 Å². The summed E-state index contributed by atoms with van der Waals surface area (Å²) in [7, 11) is 0. The molecule has 0 aliphatic carbocycles. The lowest BCUT2D eigenvalue weighted by molar-refractivity contribution is -0.0448. The molecule has 146 valence electrons. The Kier molecular flexibility index (Phi) is 5.36. The molecule has 1 aromatic heterocycles. The second-order valence-electron chi connectivity index (χ2n) is 8.79. The number of halogens is 1. The van der Waals surface area contributed by atoms with Gasteiger partial charge in [-0.2, -0.15) is 5.10 Å². The van der Waals surface area contributed by atoms with E-state index in [4.69, 9.17) is 0 Å².